The van der Waals surface area contributed by atoms with Gasteiger partial charge >= 0.3 is 0 Å². The summed E-state index contributed by atoms with van der Waals surface area (Å²) >= 11 is 5.75. The van der Waals surface area contributed by atoms with Gasteiger partial charge in [0.05, 0.1) is 11.6 Å². The molecule has 0 aliphatic heterocycles. The number of nitrogens with two attached hydrogens (primary N) is 1. The quantitative estimate of drug-likeness (QED) is 0.878. The van der Waals surface area contributed by atoms with Crippen molar-refractivity contribution in [3.05, 3.63) is 34.9 Å². The lowest BCUT2D eigenvalue weighted by atomic mass is 10.2. The Bertz CT molecular complexity index is 513. The van der Waals surface area contributed by atoms with E-state index in [0.29, 0.717) is 5.02 Å². The largest absolute Gasteiger partial charge is 0.419 e. The first-order valence-corrected chi connectivity index (χ1v) is 5.00. The van der Waals surface area contributed by atoms with E-state index in [0.717, 1.165) is 0 Å². The number of hydrogen-bond acceptors (Lipinski definition) is 4. The third kappa shape index (κ3) is 2.05. The second-order valence-electron chi connectivity index (χ2n) is 3.36. The zero-order valence-electron chi connectivity index (χ0n) is 8.45. The van der Waals surface area contributed by atoms with Crippen LogP contribution in [0.5, 0.6) is 0 Å². The van der Waals surface area contributed by atoms with Crippen molar-refractivity contribution >= 4 is 11.6 Å². The second kappa shape index (κ2) is 4.19. The molecule has 0 saturated carbocycles. The first kappa shape index (κ1) is 11.0. The normalized spacial score (nSPS) is 12.8. The summed E-state index contributed by atoms with van der Waals surface area (Å²) in [5, 5.41) is 7.83. The fourth-order valence-corrected chi connectivity index (χ4v) is 1.36. The minimum Gasteiger partial charge on any atom is -0.419 e. The molecule has 0 fully saturated rings. The SMILES string of the molecule is CC(N)c1nnc(-c2cc(Cl)ccc2F)o1. The number of hydrogen-bond donors (Lipinski definition) is 1. The third-order valence-electron chi connectivity index (χ3n) is 1.99. The lowest BCUT2D eigenvalue weighted by Gasteiger charge is -1.98. The van der Waals surface area contributed by atoms with Gasteiger partial charge in [0, 0.05) is 5.02 Å². The van der Waals surface area contributed by atoms with Crippen LogP contribution in [0.3, 0.4) is 0 Å². The number of halogens is 2. The van der Waals surface area contributed by atoms with Crippen LogP contribution in [0.15, 0.2) is 22.6 Å². The molecule has 0 bridgehead atoms. The minimum absolute atomic E-state index is 0.0762. The average Bonchev–Trinajstić information content (AvgIpc) is 2.70. The van der Waals surface area contributed by atoms with Crippen molar-refractivity contribution in [1.82, 2.24) is 10.2 Å². The van der Waals surface area contributed by atoms with Crippen molar-refractivity contribution in [1.29, 1.82) is 0 Å². The van der Waals surface area contributed by atoms with Gasteiger partial charge in [-0.25, -0.2) is 4.39 Å². The van der Waals surface area contributed by atoms with Gasteiger partial charge in [0.25, 0.3) is 5.89 Å². The fourth-order valence-electron chi connectivity index (χ4n) is 1.19. The Kier molecular flexibility index (Phi) is 2.89. The zero-order valence-corrected chi connectivity index (χ0v) is 9.20. The van der Waals surface area contributed by atoms with Crippen LogP contribution in [0.25, 0.3) is 11.5 Å². The van der Waals surface area contributed by atoms with Crippen molar-refractivity contribution in [2.75, 3.05) is 0 Å². The van der Waals surface area contributed by atoms with E-state index in [9.17, 15) is 4.39 Å². The van der Waals surface area contributed by atoms with Crippen molar-refractivity contribution in [3.63, 3.8) is 0 Å². The van der Waals surface area contributed by atoms with Crippen LogP contribution in [0, 0.1) is 5.82 Å². The molecule has 1 unspecified atom stereocenters. The highest BCUT2D eigenvalue weighted by molar-refractivity contribution is 6.30. The van der Waals surface area contributed by atoms with E-state index >= 15 is 0 Å². The lowest BCUT2D eigenvalue weighted by Crippen LogP contribution is -2.04. The summed E-state index contributed by atoms with van der Waals surface area (Å²) in [6.07, 6.45) is 0. The molecule has 6 heteroatoms. The van der Waals surface area contributed by atoms with Gasteiger partial charge in [-0.1, -0.05) is 11.6 Å². The molecule has 0 spiro atoms. The monoisotopic (exact) mass is 241 g/mol. The van der Waals surface area contributed by atoms with Crippen LogP contribution in [0.2, 0.25) is 5.02 Å². The van der Waals surface area contributed by atoms with Crippen molar-refractivity contribution in [3.8, 4) is 11.5 Å². The highest BCUT2D eigenvalue weighted by Crippen LogP contribution is 2.25. The van der Waals surface area contributed by atoms with E-state index in [2.05, 4.69) is 10.2 Å². The van der Waals surface area contributed by atoms with E-state index in [1.807, 2.05) is 0 Å². The molecule has 1 atom stereocenters. The minimum atomic E-state index is -0.468. The summed E-state index contributed by atoms with van der Waals surface area (Å²) in [7, 11) is 0. The van der Waals surface area contributed by atoms with E-state index < -0.39 is 5.82 Å². The molecule has 4 nitrogen and oxygen atoms in total. The van der Waals surface area contributed by atoms with Crippen molar-refractivity contribution in [2.24, 2.45) is 5.73 Å². The Labute approximate surface area is 96.2 Å². The maximum absolute atomic E-state index is 13.4. The van der Waals surface area contributed by atoms with E-state index in [4.69, 9.17) is 21.8 Å². The summed E-state index contributed by atoms with van der Waals surface area (Å²) in [5.74, 6) is -0.133. The number of nitrogens with zero attached hydrogens (tertiary/aromatic N) is 2. The van der Waals surface area contributed by atoms with Gasteiger partial charge in [0.1, 0.15) is 5.82 Å². The Hall–Kier alpha value is -1.46. The molecular weight excluding hydrogens is 233 g/mol. The van der Waals surface area contributed by atoms with Gasteiger partial charge in [-0.15, -0.1) is 10.2 Å². The first-order valence-electron chi connectivity index (χ1n) is 4.62. The molecule has 0 saturated heterocycles. The summed E-state index contributed by atoms with van der Waals surface area (Å²) < 4.78 is 18.7. The third-order valence-corrected chi connectivity index (χ3v) is 2.22. The molecule has 0 aliphatic carbocycles. The molecule has 2 rings (SSSR count). The molecule has 1 heterocycles. The highest BCUT2D eigenvalue weighted by Gasteiger charge is 2.15. The Morgan fingerprint density at radius 1 is 1.44 bits per heavy atom. The summed E-state index contributed by atoms with van der Waals surface area (Å²) in [6.45, 7) is 1.70. The van der Waals surface area contributed by atoms with Gasteiger partial charge in [-0.2, -0.15) is 0 Å². The van der Waals surface area contributed by atoms with E-state index in [-0.39, 0.29) is 23.4 Å². The van der Waals surface area contributed by atoms with Crippen LogP contribution in [0.4, 0.5) is 4.39 Å². The molecule has 0 aliphatic rings. The van der Waals surface area contributed by atoms with Gasteiger partial charge in [-0.05, 0) is 25.1 Å². The molecular formula is C10H9ClFN3O. The van der Waals surface area contributed by atoms with Crippen LogP contribution in [0.1, 0.15) is 18.9 Å². The molecule has 2 N–H and O–H groups in total. The smallest absolute Gasteiger partial charge is 0.250 e. The summed E-state index contributed by atoms with van der Waals surface area (Å²) in [4.78, 5) is 0. The van der Waals surface area contributed by atoms with Crippen LogP contribution in [-0.2, 0) is 0 Å². The number of rotatable bonds is 2. The second-order valence-corrected chi connectivity index (χ2v) is 3.79. The maximum Gasteiger partial charge on any atom is 0.250 e. The average molecular weight is 242 g/mol. The Balaban J connectivity index is 2.46. The maximum atomic E-state index is 13.4. The Morgan fingerprint density at radius 3 is 2.81 bits per heavy atom. The highest BCUT2D eigenvalue weighted by atomic mass is 35.5. The summed E-state index contributed by atoms with van der Waals surface area (Å²) in [5.41, 5.74) is 5.73. The molecule has 1 aromatic carbocycles. The number of benzene rings is 1. The standard InChI is InChI=1S/C10H9ClFN3O/c1-5(13)9-14-15-10(16-9)7-4-6(11)2-3-8(7)12/h2-5H,13H2,1H3. The zero-order chi connectivity index (χ0) is 11.7. The van der Waals surface area contributed by atoms with Crippen LogP contribution in [-0.4, -0.2) is 10.2 Å². The first-order chi connectivity index (χ1) is 7.58. The molecule has 2 aromatic rings. The van der Waals surface area contributed by atoms with Gasteiger partial charge in [0.15, 0.2) is 0 Å². The molecule has 1 aromatic heterocycles. The van der Waals surface area contributed by atoms with Gasteiger partial charge < -0.3 is 10.2 Å². The summed E-state index contributed by atoms with van der Waals surface area (Å²) in [6, 6.07) is 3.73. The fraction of sp³-hybridized carbons (Fsp3) is 0.200. The van der Waals surface area contributed by atoms with Crippen LogP contribution >= 0.6 is 11.6 Å². The number of aromatic nitrogens is 2. The lowest BCUT2D eigenvalue weighted by molar-refractivity contribution is 0.470. The molecule has 0 radical (unpaired) electrons. The Morgan fingerprint density at radius 2 is 2.19 bits per heavy atom. The van der Waals surface area contributed by atoms with Crippen LogP contribution < -0.4 is 5.73 Å². The molecule has 0 amide bonds. The van der Waals surface area contributed by atoms with E-state index in [1.165, 1.54) is 18.2 Å². The van der Waals surface area contributed by atoms with Crippen molar-refractivity contribution < 1.29 is 8.81 Å². The predicted octanol–water partition coefficient (Wildman–Crippen LogP) is 2.55. The molecule has 84 valence electrons. The van der Waals surface area contributed by atoms with E-state index in [1.54, 1.807) is 6.92 Å². The van der Waals surface area contributed by atoms with Gasteiger partial charge in [-0.3, -0.25) is 0 Å². The molecule has 16 heavy (non-hydrogen) atoms. The topological polar surface area (TPSA) is 64.9 Å². The van der Waals surface area contributed by atoms with Gasteiger partial charge in [0.2, 0.25) is 5.89 Å². The predicted molar refractivity (Wildman–Crippen MR) is 57.3 cm³/mol. The van der Waals surface area contributed by atoms with Crippen molar-refractivity contribution in [2.45, 2.75) is 13.0 Å².